The normalized spacial score (nSPS) is 16.1. The molecule has 1 aromatic rings. The highest BCUT2D eigenvalue weighted by Crippen LogP contribution is 2.13. The number of pyridine rings is 1. The Morgan fingerprint density at radius 2 is 1.95 bits per heavy atom. The average molecular weight is 290 g/mol. The molecule has 0 unspecified atom stereocenters. The summed E-state index contributed by atoms with van der Waals surface area (Å²) in [6.07, 6.45) is 2.38. The van der Waals surface area contributed by atoms with Crippen molar-refractivity contribution < 1.29 is 4.79 Å². The van der Waals surface area contributed by atoms with Crippen molar-refractivity contribution in [2.75, 3.05) is 37.6 Å². The summed E-state index contributed by atoms with van der Waals surface area (Å²) in [7, 11) is 0. The summed E-state index contributed by atoms with van der Waals surface area (Å²) in [4.78, 5) is 20.7. The predicted octanol–water partition coefficient (Wildman–Crippen LogP) is 1.51. The fourth-order valence-corrected chi connectivity index (χ4v) is 2.43. The van der Waals surface area contributed by atoms with Gasteiger partial charge in [0, 0.05) is 50.9 Å². The lowest BCUT2D eigenvalue weighted by Crippen LogP contribution is -2.49. The number of aromatic nitrogens is 1. The number of anilines is 1. The molecular weight excluding hydrogens is 264 g/mol. The van der Waals surface area contributed by atoms with Crippen LogP contribution in [0.1, 0.15) is 27.2 Å². The first-order valence-electron chi connectivity index (χ1n) is 7.64. The molecule has 0 radical (unpaired) electrons. The maximum absolute atomic E-state index is 12.2. The van der Waals surface area contributed by atoms with Gasteiger partial charge in [-0.3, -0.25) is 4.79 Å². The zero-order chi connectivity index (χ0) is 15.3. The van der Waals surface area contributed by atoms with Crippen LogP contribution in [0.15, 0.2) is 24.4 Å². The Morgan fingerprint density at radius 1 is 1.24 bits per heavy atom. The second-order valence-corrected chi connectivity index (χ2v) is 6.48. The second kappa shape index (κ2) is 6.89. The molecule has 1 amide bonds. The van der Waals surface area contributed by atoms with E-state index in [0.29, 0.717) is 6.42 Å². The molecule has 2 heterocycles. The number of amides is 1. The summed E-state index contributed by atoms with van der Waals surface area (Å²) in [5.74, 6) is 1.24. The molecule has 116 valence electrons. The Balaban J connectivity index is 1.75. The monoisotopic (exact) mass is 290 g/mol. The van der Waals surface area contributed by atoms with Crippen molar-refractivity contribution in [2.45, 2.75) is 32.7 Å². The number of hydrogen-bond donors (Lipinski definition) is 1. The lowest BCUT2D eigenvalue weighted by Gasteiger charge is -2.35. The highest BCUT2D eigenvalue weighted by molar-refractivity contribution is 5.76. The highest BCUT2D eigenvalue weighted by atomic mass is 16.2. The first kappa shape index (κ1) is 15.8. The lowest BCUT2D eigenvalue weighted by atomic mass is 10.1. The van der Waals surface area contributed by atoms with E-state index in [2.05, 4.69) is 36.0 Å². The van der Waals surface area contributed by atoms with Gasteiger partial charge in [-0.15, -0.1) is 0 Å². The van der Waals surface area contributed by atoms with E-state index in [0.717, 1.165) is 38.5 Å². The second-order valence-electron chi connectivity index (χ2n) is 6.48. The zero-order valence-electron chi connectivity index (χ0n) is 13.3. The van der Waals surface area contributed by atoms with Crippen LogP contribution in [0.2, 0.25) is 0 Å². The van der Waals surface area contributed by atoms with E-state index >= 15 is 0 Å². The molecule has 5 nitrogen and oxygen atoms in total. The highest BCUT2D eigenvalue weighted by Gasteiger charge is 2.21. The molecule has 2 rings (SSSR count). The molecule has 0 spiro atoms. The molecule has 0 aromatic carbocycles. The minimum absolute atomic E-state index is 0.0674. The minimum Gasteiger partial charge on any atom is -0.353 e. The van der Waals surface area contributed by atoms with E-state index in [9.17, 15) is 4.79 Å². The molecule has 1 aliphatic rings. The molecular formula is C16H26N4O. The van der Waals surface area contributed by atoms with E-state index in [4.69, 9.17) is 0 Å². The van der Waals surface area contributed by atoms with E-state index in [1.807, 2.05) is 29.3 Å². The van der Waals surface area contributed by atoms with Gasteiger partial charge in [0.2, 0.25) is 5.91 Å². The molecule has 21 heavy (non-hydrogen) atoms. The first-order valence-corrected chi connectivity index (χ1v) is 7.64. The Morgan fingerprint density at radius 3 is 2.52 bits per heavy atom. The van der Waals surface area contributed by atoms with Crippen molar-refractivity contribution in [2.24, 2.45) is 0 Å². The third kappa shape index (κ3) is 5.01. The molecule has 0 atom stereocenters. The van der Waals surface area contributed by atoms with Crippen LogP contribution in [0.3, 0.4) is 0 Å². The van der Waals surface area contributed by atoms with Crippen LogP contribution in [-0.2, 0) is 4.79 Å². The van der Waals surface area contributed by atoms with Gasteiger partial charge in [-0.1, -0.05) is 6.07 Å². The minimum atomic E-state index is 0.0674. The molecule has 1 aromatic heterocycles. The van der Waals surface area contributed by atoms with Gasteiger partial charge in [0.1, 0.15) is 5.82 Å². The van der Waals surface area contributed by atoms with Crippen LogP contribution in [-0.4, -0.2) is 54.1 Å². The van der Waals surface area contributed by atoms with Crippen LogP contribution in [0, 0.1) is 0 Å². The summed E-state index contributed by atoms with van der Waals surface area (Å²) in [6, 6.07) is 5.94. The van der Waals surface area contributed by atoms with Gasteiger partial charge in [-0.05, 0) is 32.9 Å². The van der Waals surface area contributed by atoms with Gasteiger partial charge in [0.25, 0.3) is 0 Å². The quantitative estimate of drug-likeness (QED) is 0.913. The largest absolute Gasteiger partial charge is 0.353 e. The van der Waals surface area contributed by atoms with Crippen LogP contribution >= 0.6 is 0 Å². The summed E-state index contributed by atoms with van der Waals surface area (Å²) < 4.78 is 0. The summed E-state index contributed by atoms with van der Waals surface area (Å²) >= 11 is 0. The Hall–Kier alpha value is -1.62. The molecule has 1 N–H and O–H groups in total. The molecule has 5 heteroatoms. The third-order valence-electron chi connectivity index (χ3n) is 3.60. The van der Waals surface area contributed by atoms with E-state index in [1.165, 1.54) is 0 Å². The van der Waals surface area contributed by atoms with Crippen LogP contribution in [0.5, 0.6) is 0 Å². The van der Waals surface area contributed by atoms with Crippen LogP contribution in [0.4, 0.5) is 5.82 Å². The Kier molecular flexibility index (Phi) is 5.17. The Bertz CT molecular complexity index is 447. The first-order chi connectivity index (χ1) is 9.96. The maximum atomic E-state index is 12.2. The third-order valence-corrected chi connectivity index (χ3v) is 3.60. The van der Waals surface area contributed by atoms with E-state index < -0.39 is 0 Å². The van der Waals surface area contributed by atoms with Crippen molar-refractivity contribution in [3.63, 3.8) is 0 Å². The average Bonchev–Trinajstić information content (AvgIpc) is 2.47. The van der Waals surface area contributed by atoms with Crippen molar-refractivity contribution >= 4 is 11.7 Å². The molecule has 0 bridgehead atoms. The number of nitrogens with zero attached hydrogens (tertiary/aromatic N) is 3. The van der Waals surface area contributed by atoms with Crippen LogP contribution < -0.4 is 10.2 Å². The SMILES string of the molecule is CC(C)(C)NCCC(=O)N1CCN(c2ccccn2)CC1. The molecule has 1 aliphatic heterocycles. The predicted molar refractivity (Wildman–Crippen MR) is 85.4 cm³/mol. The van der Waals surface area contributed by atoms with Crippen molar-refractivity contribution in [1.82, 2.24) is 15.2 Å². The van der Waals surface area contributed by atoms with Gasteiger partial charge >= 0.3 is 0 Å². The number of nitrogens with one attached hydrogen (secondary N) is 1. The molecule has 0 aliphatic carbocycles. The summed E-state index contributed by atoms with van der Waals surface area (Å²) in [6.45, 7) is 10.4. The molecule has 0 saturated carbocycles. The van der Waals surface area contributed by atoms with Crippen LogP contribution in [0.25, 0.3) is 0 Å². The molecule has 1 saturated heterocycles. The topological polar surface area (TPSA) is 48.5 Å². The maximum Gasteiger partial charge on any atom is 0.223 e. The van der Waals surface area contributed by atoms with Gasteiger partial charge in [-0.2, -0.15) is 0 Å². The number of hydrogen-bond acceptors (Lipinski definition) is 4. The fraction of sp³-hybridized carbons (Fsp3) is 0.625. The smallest absolute Gasteiger partial charge is 0.223 e. The van der Waals surface area contributed by atoms with Gasteiger partial charge in [0.15, 0.2) is 0 Å². The number of rotatable bonds is 4. The van der Waals surface area contributed by atoms with Crippen molar-refractivity contribution in [3.05, 3.63) is 24.4 Å². The Labute approximate surface area is 127 Å². The number of carbonyl (C=O) groups excluding carboxylic acids is 1. The van der Waals surface area contributed by atoms with E-state index in [-0.39, 0.29) is 11.4 Å². The number of piperazine rings is 1. The van der Waals surface area contributed by atoms with Crippen molar-refractivity contribution in [3.8, 4) is 0 Å². The summed E-state index contributed by atoms with van der Waals surface area (Å²) in [5, 5.41) is 3.36. The lowest BCUT2D eigenvalue weighted by molar-refractivity contribution is -0.131. The van der Waals surface area contributed by atoms with E-state index in [1.54, 1.807) is 0 Å². The van der Waals surface area contributed by atoms with Crippen molar-refractivity contribution in [1.29, 1.82) is 0 Å². The van der Waals surface area contributed by atoms with Gasteiger partial charge in [-0.25, -0.2) is 4.98 Å². The van der Waals surface area contributed by atoms with Gasteiger partial charge in [0.05, 0.1) is 0 Å². The number of carbonyl (C=O) groups is 1. The fourth-order valence-electron chi connectivity index (χ4n) is 2.43. The zero-order valence-corrected chi connectivity index (χ0v) is 13.3. The standard InChI is InChI=1S/C16H26N4O/c1-16(2,3)18-9-7-15(21)20-12-10-19(11-13-20)14-6-4-5-8-17-14/h4-6,8,18H,7,9-13H2,1-3H3. The van der Waals surface area contributed by atoms with Gasteiger partial charge < -0.3 is 15.1 Å². The molecule has 1 fully saturated rings. The summed E-state index contributed by atoms with van der Waals surface area (Å²) in [5.41, 5.74) is 0.0674.